The molecule has 0 aliphatic heterocycles. The highest BCUT2D eigenvalue weighted by Gasteiger charge is 2.14. The molecular weight excluding hydrogens is 376 g/mol. The third-order valence-electron chi connectivity index (χ3n) is 4.86. The predicted molar refractivity (Wildman–Crippen MR) is 106 cm³/mol. The van der Waals surface area contributed by atoms with E-state index in [1.807, 2.05) is 25.1 Å². The molecule has 0 saturated carbocycles. The number of hydrogen-bond acceptors (Lipinski definition) is 1. The van der Waals surface area contributed by atoms with E-state index in [0.717, 1.165) is 17.3 Å². The molecule has 3 rings (SSSR count). The number of carbonyl (C=O) groups is 1. The Balaban J connectivity index is 1.50. The summed E-state index contributed by atoms with van der Waals surface area (Å²) in [4.78, 5) is 12.2. The van der Waals surface area contributed by atoms with E-state index in [9.17, 15) is 4.79 Å². The van der Waals surface area contributed by atoms with E-state index in [-0.39, 0.29) is 12.1 Å². The second-order valence-corrected chi connectivity index (χ2v) is 7.55. The number of hydrogen-bond donors (Lipinski definition) is 2. The van der Waals surface area contributed by atoms with E-state index in [0.29, 0.717) is 6.54 Å². The summed E-state index contributed by atoms with van der Waals surface area (Å²) in [6.45, 7) is 2.66. The summed E-state index contributed by atoms with van der Waals surface area (Å²) in [6.07, 6.45) is 5.72. The van der Waals surface area contributed by atoms with Crippen LogP contribution in [0.5, 0.6) is 0 Å². The number of nitrogens with one attached hydrogen (secondary N) is 2. The Morgan fingerprint density at radius 1 is 1.12 bits per heavy atom. The molecule has 1 aliphatic carbocycles. The minimum Gasteiger partial charge on any atom is -0.338 e. The van der Waals surface area contributed by atoms with Gasteiger partial charge in [0.1, 0.15) is 0 Å². The Labute approximate surface area is 158 Å². The van der Waals surface area contributed by atoms with Gasteiger partial charge in [0, 0.05) is 11.0 Å². The second-order valence-electron chi connectivity index (χ2n) is 6.70. The molecule has 0 fully saturated rings. The summed E-state index contributed by atoms with van der Waals surface area (Å²) in [7, 11) is 0. The van der Waals surface area contributed by atoms with Gasteiger partial charge >= 0.3 is 6.03 Å². The van der Waals surface area contributed by atoms with E-state index < -0.39 is 0 Å². The predicted octanol–water partition coefficient (Wildman–Crippen LogP) is 4.93. The summed E-state index contributed by atoms with van der Waals surface area (Å²) in [6, 6.07) is 14.6. The zero-order valence-electron chi connectivity index (χ0n) is 14.6. The average Bonchev–Trinajstić information content (AvgIpc) is 2.63. The normalized spacial score (nSPS) is 14.5. The Kier molecular flexibility index (Phi) is 6.14. The molecule has 25 heavy (non-hydrogen) atoms. The summed E-state index contributed by atoms with van der Waals surface area (Å²) in [5, 5.41) is 5.99. The molecule has 2 aromatic rings. The number of carbonyl (C=O) groups excluding carboxylic acids is 1. The molecule has 0 bridgehead atoms. The maximum atomic E-state index is 12.2. The lowest BCUT2D eigenvalue weighted by atomic mass is 9.89. The summed E-state index contributed by atoms with van der Waals surface area (Å²) in [5.41, 5.74) is 5.30. The first-order valence-electron chi connectivity index (χ1n) is 9.03. The van der Waals surface area contributed by atoms with E-state index >= 15 is 0 Å². The van der Waals surface area contributed by atoms with Crippen molar-refractivity contribution in [2.75, 3.05) is 6.54 Å². The summed E-state index contributed by atoms with van der Waals surface area (Å²) >= 11 is 3.54. The first-order chi connectivity index (χ1) is 12.1. The molecule has 3 nitrogen and oxygen atoms in total. The first-order valence-corrected chi connectivity index (χ1v) is 9.82. The molecule has 2 aromatic carbocycles. The minimum absolute atomic E-state index is 0.00990. The molecule has 4 heteroatoms. The van der Waals surface area contributed by atoms with Crippen molar-refractivity contribution in [3.63, 3.8) is 0 Å². The zero-order chi connectivity index (χ0) is 17.6. The quantitative estimate of drug-likeness (QED) is 0.733. The van der Waals surface area contributed by atoms with Crippen LogP contribution in [0.15, 0.2) is 46.9 Å². The maximum Gasteiger partial charge on any atom is 0.315 e. The fourth-order valence-electron chi connectivity index (χ4n) is 3.37. The van der Waals surface area contributed by atoms with Crippen LogP contribution in [0.4, 0.5) is 4.79 Å². The van der Waals surface area contributed by atoms with Crippen LogP contribution in [0.2, 0.25) is 0 Å². The van der Waals surface area contributed by atoms with Crippen molar-refractivity contribution in [2.24, 2.45) is 0 Å². The number of urea groups is 1. The van der Waals surface area contributed by atoms with Crippen LogP contribution in [-0.2, 0) is 19.3 Å². The molecule has 0 radical (unpaired) electrons. The highest BCUT2D eigenvalue weighted by molar-refractivity contribution is 9.10. The van der Waals surface area contributed by atoms with Gasteiger partial charge in [-0.15, -0.1) is 0 Å². The fourth-order valence-corrected chi connectivity index (χ4v) is 3.85. The molecule has 0 aromatic heterocycles. The van der Waals surface area contributed by atoms with Crippen molar-refractivity contribution in [1.82, 2.24) is 10.6 Å². The second kappa shape index (κ2) is 8.52. The van der Waals surface area contributed by atoms with Gasteiger partial charge in [-0.25, -0.2) is 4.79 Å². The van der Waals surface area contributed by atoms with Crippen LogP contribution >= 0.6 is 15.9 Å². The van der Waals surface area contributed by atoms with Crippen molar-refractivity contribution in [3.8, 4) is 0 Å². The smallest absolute Gasteiger partial charge is 0.315 e. The Morgan fingerprint density at radius 3 is 2.68 bits per heavy atom. The Hall–Kier alpha value is -1.81. The Morgan fingerprint density at radius 2 is 1.88 bits per heavy atom. The summed E-state index contributed by atoms with van der Waals surface area (Å²) in [5.74, 6) is 0. The third-order valence-corrected chi connectivity index (χ3v) is 5.63. The van der Waals surface area contributed by atoms with Gasteiger partial charge in [-0.2, -0.15) is 0 Å². The molecular formula is C21H25BrN2O. The number of benzene rings is 2. The van der Waals surface area contributed by atoms with Gasteiger partial charge in [0.25, 0.3) is 0 Å². The standard InChI is InChI=1S/C21H25BrN2O/c1-15(18-11-10-16-6-2-3-8-19(16)14-18)24-21(25)23-13-12-17-7-4-5-9-20(17)22/h4-5,7,9-11,14-15H,2-3,6,8,12-13H2,1H3,(H2,23,24,25). The average molecular weight is 401 g/mol. The first kappa shape index (κ1) is 18.0. The number of halogens is 1. The largest absolute Gasteiger partial charge is 0.338 e. The number of amides is 2. The van der Waals surface area contributed by atoms with Crippen LogP contribution < -0.4 is 10.6 Å². The van der Waals surface area contributed by atoms with Gasteiger partial charge in [-0.05, 0) is 67.3 Å². The third kappa shape index (κ3) is 4.85. The van der Waals surface area contributed by atoms with Crippen LogP contribution in [-0.4, -0.2) is 12.6 Å². The zero-order valence-corrected chi connectivity index (χ0v) is 16.2. The van der Waals surface area contributed by atoms with Crippen LogP contribution in [0, 0.1) is 0 Å². The highest BCUT2D eigenvalue weighted by Crippen LogP contribution is 2.24. The van der Waals surface area contributed by atoms with Gasteiger partial charge in [0.2, 0.25) is 0 Å². The maximum absolute atomic E-state index is 12.2. The fraction of sp³-hybridized carbons (Fsp3) is 0.381. The van der Waals surface area contributed by atoms with E-state index in [1.165, 1.54) is 41.5 Å². The molecule has 132 valence electrons. The highest BCUT2D eigenvalue weighted by atomic mass is 79.9. The molecule has 0 heterocycles. The van der Waals surface area contributed by atoms with Crippen molar-refractivity contribution < 1.29 is 4.79 Å². The number of fused-ring (bicyclic) bond motifs is 1. The molecule has 2 amide bonds. The van der Waals surface area contributed by atoms with Crippen LogP contribution in [0.25, 0.3) is 0 Å². The van der Waals surface area contributed by atoms with Crippen molar-refractivity contribution in [2.45, 2.75) is 45.1 Å². The van der Waals surface area contributed by atoms with Crippen molar-refractivity contribution >= 4 is 22.0 Å². The molecule has 1 unspecified atom stereocenters. The molecule has 0 spiro atoms. The summed E-state index contributed by atoms with van der Waals surface area (Å²) < 4.78 is 1.08. The van der Waals surface area contributed by atoms with Crippen molar-refractivity contribution in [1.29, 1.82) is 0 Å². The molecule has 1 aliphatic rings. The SMILES string of the molecule is CC(NC(=O)NCCc1ccccc1Br)c1ccc2c(c1)CCCC2. The topological polar surface area (TPSA) is 41.1 Å². The van der Waals surface area contributed by atoms with E-state index in [1.54, 1.807) is 0 Å². The van der Waals surface area contributed by atoms with E-state index in [4.69, 9.17) is 0 Å². The van der Waals surface area contributed by atoms with Crippen molar-refractivity contribution in [3.05, 3.63) is 69.2 Å². The van der Waals surface area contributed by atoms with Gasteiger partial charge in [-0.3, -0.25) is 0 Å². The molecule has 1 atom stereocenters. The van der Waals surface area contributed by atoms with Crippen LogP contribution in [0.1, 0.15) is 48.1 Å². The number of aryl methyl sites for hydroxylation is 2. The lowest BCUT2D eigenvalue weighted by Gasteiger charge is -2.20. The lowest BCUT2D eigenvalue weighted by molar-refractivity contribution is 0.238. The van der Waals surface area contributed by atoms with Gasteiger partial charge in [0.05, 0.1) is 6.04 Å². The van der Waals surface area contributed by atoms with Gasteiger partial charge < -0.3 is 10.6 Å². The minimum atomic E-state index is -0.114. The van der Waals surface area contributed by atoms with Crippen LogP contribution in [0.3, 0.4) is 0 Å². The number of rotatable bonds is 5. The molecule has 2 N–H and O–H groups in total. The Bertz CT molecular complexity index is 744. The van der Waals surface area contributed by atoms with Gasteiger partial charge in [-0.1, -0.05) is 52.3 Å². The van der Waals surface area contributed by atoms with Gasteiger partial charge in [0.15, 0.2) is 0 Å². The monoisotopic (exact) mass is 400 g/mol. The van der Waals surface area contributed by atoms with E-state index in [2.05, 4.69) is 50.8 Å². The molecule has 0 saturated heterocycles. The lowest BCUT2D eigenvalue weighted by Crippen LogP contribution is -2.38.